The van der Waals surface area contributed by atoms with Crippen LogP contribution in [0.1, 0.15) is 49.3 Å². The van der Waals surface area contributed by atoms with Crippen LogP contribution in [0.5, 0.6) is 0 Å². The number of amides is 1. The lowest BCUT2D eigenvalue weighted by Crippen LogP contribution is -2.34. The van der Waals surface area contributed by atoms with E-state index in [0.29, 0.717) is 18.7 Å². The first-order valence-corrected chi connectivity index (χ1v) is 8.35. The Morgan fingerprint density at radius 1 is 1.45 bits per heavy atom. The number of carbonyl (C=O) groups is 1. The number of H-pyrrole nitrogens is 1. The molecule has 0 spiro atoms. The van der Waals surface area contributed by atoms with Gasteiger partial charge in [-0.2, -0.15) is 5.10 Å². The van der Waals surface area contributed by atoms with Gasteiger partial charge in [0.25, 0.3) is 5.91 Å². The fourth-order valence-electron chi connectivity index (χ4n) is 2.33. The standard InChI is InChI=1S/C12H20N4O3S/c1-3-5-9-11(20(13,18)19)10(15-14-9)12(17)16(4-2)8-6-7-8/h8H,3-7H2,1-2H3,(H,14,15)(H2,13,18,19). The number of hydrogen-bond acceptors (Lipinski definition) is 4. The van der Waals surface area contributed by atoms with Crippen molar-refractivity contribution in [1.82, 2.24) is 15.1 Å². The number of carbonyl (C=O) groups excluding carboxylic acids is 1. The Balaban J connectivity index is 2.43. The van der Waals surface area contributed by atoms with Gasteiger partial charge in [-0.1, -0.05) is 13.3 Å². The molecule has 112 valence electrons. The van der Waals surface area contributed by atoms with E-state index in [1.807, 2.05) is 13.8 Å². The number of sulfonamides is 1. The maximum atomic E-state index is 12.5. The van der Waals surface area contributed by atoms with Crippen molar-refractivity contribution in [3.8, 4) is 0 Å². The normalized spacial score (nSPS) is 15.3. The lowest BCUT2D eigenvalue weighted by atomic mass is 10.2. The largest absolute Gasteiger partial charge is 0.335 e. The Labute approximate surface area is 118 Å². The van der Waals surface area contributed by atoms with E-state index in [-0.39, 0.29) is 22.5 Å². The molecular weight excluding hydrogens is 280 g/mol. The third-order valence-corrected chi connectivity index (χ3v) is 4.38. The van der Waals surface area contributed by atoms with E-state index in [4.69, 9.17) is 5.14 Å². The number of aryl methyl sites for hydroxylation is 1. The summed E-state index contributed by atoms with van der Waals surface area (Å²) < 4.78 is 23.5. The molecule has 1 aromatic rings. The molecule has 1 fully saturated rings. The van der Waals surface area contributed by atoms with Crippen LogP contribution in [0.2, 0.25) is 0 Å². The minimum Gasteiger partial charge on any atom is -0.335 e. The minimum absolute atomic E-state index is 0.0790. The monoisotopic (exact) mass is 300 g/mol. The number of nitrogens with one attached hydrogen (secondary N) is 1. The van der Waals surface area contributed by atoms with E-state index in [1.54, 1.807) is 4.90 Å². The third kappa shape index (κ3) is 2.85. The quantitative estimate of drug-likeness (QED) is 0.803. The first kappa shape index (κ1) is 15.0. The Morgan fingerprint density at radius 3 is 2.55 bits per heavy atom. The van der Waals surface area contributed by atoms with Crippen LogP contribution in [0, 0.1) is 0 Å². The van der Waals surface area contributed by atoms with E-state index < -0.39 is 10.0 Å². The Kier molecular flexibility index (Phi) is 4.14. The SMILES string of the molecule is CCCc1[nH]nc(C(=O)N(CC)C2CC2)c1S(N)(=O)=O. The van der Waals surface area contributed by atoms with E-state index in [2.05, 4.69) is 10.2 Å². The first-order chi connectivity index (χ1) is 9.40. The van der Waals surface area contributed by atoms with Crippen LogP contribution in [0.3, 0.4) is 0 Å². The summed E-state index contributed by atoms with van der Waals surface area (Å²) in [7, 11) is -3.98. The number of nitrogens with zero attached hydrogens (tertiary/aromatic N) is 2. The highest BCUT2D eigenvalue weighted by Gasteiger charge is 2.36. The van der Waals surface area contributed by atoms with Gasteiger partial charge in [-0.25, -0.2) is 13.6 Å². The van der Waals surface area contributed by atoms with Crippen LogP contribution in [-0.2, 0) is 16.4 Å². The number of aromatic nitrogens is 2. The molecule has 7 nitrogen and oxygen atoms in total. The number of nitrogens with two attached hydrogens (primary N) is 1. The van der Waals surface area contributed by atoms with Gasteiger partial charge in [-0.15, -0.1) is 0 Å². The second-order valence-corrected chi connectivity index (χ2v) is 6.50. The number of aromatic amines is 1. The summed E-state index contributed by atoms with van der Waals surface area (Å²) in [6, 6.07) is 0.201. The zero-order valence-electron chi connectivity index (χ0n) is 11.7. The number of hydrogen-bond donors (Lipinski definition) is 2. The predicted octanol–water partition coefficient (Wildman–Crippen LogP) is 0.634. The summed E-state index contributed by atoms with van der Waals surface area (Å²) in [6.45, 7) is 4.31. The highest BCUT2D eigenvalue weighted by molar-refractivity contribution is 7.89. The summed E-state index contributed by atoms with van der Waals surface area (Å²) in [5, 5.41) is 11.8. The molecule has 0 atom stereocenters. The smallest absolute Gasteiger partial charge is 0.276 e. The summed E-state index contributed by atoms with van der Waals surface area (Å²) in [6.07, 6.45) is 3.13. The van der Waals surface area contributed by atoms with Crippen molar-refractivity contribution >= 4 is 15.9 Å². The number of rotatable bonds is 6. The summed E-state index contributed by atoms with van der Waals surface area (Å²) in [4.78, 5) is 14.0. The molecular formula is C12H20N4O3S. The molecule has 1 saturated carbocycles. The predicted molar refractivity (Wildman–Crippen MR) is 73.7 cm³/mol. The fraction of sp³-hybridized carbons (Fsp3) is 0.667. The van der Waals surface area contributed by atoms with E-state index in [1.165, 1.54) is 0 Å². The fourth-order valence-corrected chi connectivity index (χ4v) is 3.22. The summed E-state index contributed by atoms with van der Waals surface area (Å²) in [5.74, 6) is -0.363. The van der Waals surface area contributed by atoms with Crippen molar-refractivity contribution in [3.05, 3.63) is 11.4 Å². The Morgan fingerprint density at radius 2 is 2.10 bits per heavy atom. The molecule has 1 aliphatic rings. The van der Waals surface area contributed by atoms with Crippen LogP contribution in [0.25, 0.3) is 0 Å². The van der Waals surface area contributed by atoms with Gasteiger partial charge in [0.05, 0.1) is 5.69 Å². The maximum absolute atomic E-state index is 12.5. The molecule has 20 heavy (non-hydrogen) atoms. The van der Waals surface area contributed by atoms with E-state index in [0.717, 1.165) is 19.3 Å². The van der Waals surface area contributed by atoms with Crippen molar-refractivity contribution in [2.45, 2.75) is 50.5 Å². The molecule has 8 heteroatoms. The van der Waals surface area contributed by atoms with Crippen LogP contribution in [0.4, 0.5) is 0 Å². The molecule has 0 aliphatic heterocycles. The molecule has 0 aromatic carbocycles. The Hall–Kier alpha value is -1.41. The van der Waals surface area contributed by atoms with Crippen molar-refractivity contribution in [3.63, 3.8) is 0 Å². The van der Waals surface area contributed by atoms with E-state index >= 15 is 0 Å². The average Bonchev–Trinajstić information content (AvgIpc) is 3.08. The van der Waals surface area contributed by atoms with Crippen LogP contribution in [-0.4, -0.2) is 42.0 Å². The summed E-state index contributed by atoms with van der Waals surface area (Å²) >= 11 is 0. The highest BCUT2D eigenvalue weighted by atomic mass is 32.2. The van der Waals surface area contributed by atoms with Gasteiger partial charge in [0.2, 0.25) is 10.0 Å². The van der Waals surface area contributed by atoms with Gasteiger partial charge in [-0.05, 0) is 26.2 Å². The minimum atomic E-state index is -3.98. The highest BCUT2D eigenvalue weighted by Crippen LogP contribution is 2.29. The average molecular weight is 300 g/mol. The van der Waals surface area contributed by atoms with Crippen molar-refractivity contribution in [2.24, 2.45) is 5.14 Å². The molecule has 2 rings (SSSR count). The Bertz CT molecular complexity index is 604. The van der Waals surface area contributed by atoms with Crippen molar-refractivity contribution in [2.75, 3.05) is 6.54 Å². The van der Waals surface area contributed by atoms with E-state index in [9.17, 15) is 13.2 Å². The van der Waals surface area contributed by atoms with Gasteiger partial charge in [-0.3, -0.25) is 9.89 Å². The van der Waals surface area contributed by atoms with Crippen LogP contribution >= 0.6 is 0 Å². The zero-order chi connectivity index (χ0) is 14.9. The molecule has 0 radical (unpaired) electrons. The zero-order valence-corrected chi connectivity index (χ0v) is 12.5. The van der Waals surface area contributed by atoms with Crippen LogP contribution < -0.4 is 5.14 Å². The number of primary sulfonamides is 1. The second-order valence-electron chi connectivity index (χ2n) is 5.00. The lowest BCUT2D eigenvalue weighted by molar-refractivity contribution is 0.0742. The topological polar surface area (TPSA) is 109 Å². The van der Waals surface area contributed by atoms with Gasteiger partial charge >= 0.3 is 0 Å². The maximum Gasteiger partial charge on any atom is 0.276 e. The molecule has 0 saturated heterocycles. The molecule has 3 N–H and O–H groups in total. The van der Waals surface area contributed by atoms with Crippen LogP contribution in [0.15, 0.2) is 4.90 Å². The molecule has 0 bridgehead atoms. The molecule has 1 aromatic heterocycles. The third-order valence-electron chi connectivity index (χ3n) is 3.37. The molecule has 1 amide bonds. The first-order valence-electron chi connectivity index (χ1n) is 6.81. The van der Waals surface area contributed by atoms with Gasteiger partial charge in [0, 0.05) is 12.6 Å². The lowest BCUT2D eigenvalue weighted by Gasteiger charge is -2.19. The summed E-state index contributed by atoms with van der Waals surface area (Å²) in [5.41, 5.74) is 0.329. The van der Waals surface area contributed by atoms with Crippen molar-refractivity contribution in [1.29, 1.82) is 0 Å². The van der Waals surface area contributed by atoms with Gasteiger partial charge in [0.1, 0.15) is 4.90 Å². The van der Waals surface area contributed by atoms with Gasteiger partial charge in [0.15, 0.2) is 5.69 Å². The van der Waals surface area contributed by atoms with Crippen molar-refractivity contribution < 1.29 is 13.2 Å². The van der Waals surface area contributed by atoms with Gasteiger partial charge < -0.3 is 4.90 Å². The molecule has 1 heterocycles. The second kappa shape index (κ2) is 5.53. The molecule has 1 aliphatic carbocycles. The molecule has 0 unspecified atom stereocenters.